The van der Waals surface area contributed by atoms with Crippen LogP contribution >= 0.6 is 0 Å². The largest absolute Gasteiger partial charge is 0.366 e. The number of aromatic nitrogens is 3. The van der Waals surface area contributed by atoms with Gasteiger partial charge in [0.1, 0.15) is 11.9 Å². The Morgan fingerprint density at radius 3 is 2.81 bits per heavy atom. The zero-order valence-electron chi connectivity index (χ0n) is 14.8. The number of fused-ring (bicyclic) bond motifs is 1. The second-order valence-corrected chi connectivity index (χ2v) is 7.27. The molecule has 2 aromatic heterocycles. The molecule has 1 saturated carbocycles. The molecule has 2 aliphatic rings. The van der Waals surface area contributed by atoms with Crippen LogP contribution in [0.25, 0.3) is 0 Å². The van der Waals surface area contributed by atoms with Crippen molar-refractivity contribution in [3.05, 3.63) is 51.6 Å². The lowest BCUT2D eigenvalue weighted by atomic mass is 9.91. The van der Waals surface area contributed by atoms with Gasteiger partial charge in [0.05, 0.1) is 17.3 Å². The highest BCUT2D eigenvalue weighted by Crippen LogP contribution is 2.29. The van der Waals surface area contributed by atoms with Crippen LogP contribution in [0.4, 0.5) is 5.82 Å². The van der Waals surface area contributed by atoms with Crippen LogP contribution in [0.2, 0.25) is 0 Å². The highest BCUT2D eigenvalue weighted by Gasteiger charge is 2.25. The summed E-state index contributed by atoms with van der Waals surface area (Å²) in [5, 5.41) is 17.3. The molecule has 0 spiro atoms. The topological polar surface area (TPSA) is 83.6 Å². The van der Waals surface area contributed by atoms with Crippen molar-refractivity contribution in [1.29, 1.82) is 5.26 Å². The number of nitrogens with one attached hydrogen (secondary N) is 1. The van der Waals surface area contributed by atoms with Gasteiger partial charge in [-0.2, -0.15) is 10.4 Å². The van der Waals surface area contributed by atoms with E-state index in [1.165, 1.54) is 6.42 Å². The van der Waals surface area contributed by atoms with Crippen molar-refractivity contribution in [3.8, 4) is 6.07 Å². The van der Waals surface area contributed by atoms with Crippen molar-refractivity contribution in [2.24, 2.45) is 0 Å². The van der Waals surface area contributed by atoms with Gasteiger partial charge in [0, 0.05) is 18.3 Å². The average Bonchev–Trinajstić information content (AvgIpc) is 2.68. The Morgan fingerprint density at radius 1 is 1.19 bits per heavy atom. The lowest BCUT2D eigenvalue weighted by Crippen LogP contribution is -2.34. The predicted molar refractivity (Wildman–Crippen MR) is 99.0 cm³/mol. The average molecular weight is 349 g/mol. The fraction of sp³-hybridized carbons (Fsp3) is 0.500. The number of aryl methyl sites for hydroxylation is 2. The first-order valence-electron chi connectivity index (χ1n) is 9.48. The molecule has 0 aliphatic heterocycles. The van der Waals surface area contributed by atoms with Gasteiger partial charge in [-0.1, -0.05) is 0 Å². The predicted octanol–water partition coefficient (Wildman–Crippen LogP) is 2.98. The maximum absolute atomic E-state index is 12.5. The summed E-state index contributed by atoms with van der Waals surface area (Å²) in [6.45, 7) is 0. The quantitative estimate of drug-likeness (QED) is 0.921. The summed E-state index contributed by atoms with van der Waals surface area (Å²) in [6.07, 6.45) is 9.72. The van der Waals surface area contributed by atoms with Crippen molar-refractivity contribution in [3.63, 3.8) is 0 Å². The number of nitrogens with zero attached hydrogens (tertiary/aromatic N) is 4. The summed E-state index contributed by atoms with van der Waals surface area (Å²) >= 11 is 0. The number of nitriles is 1. The zero-order valence-corrected chi connectivity index (χ0v) is 14.8. The molecule has 2 aromatic rings. The van der Waals surface area contributed by atoms with Gasteiger partial charge in [0.2, 0.25) is 0 Å². The Kier molecular flexibility index (Phi) is 4.70. The van der Waals surface area contributed by atoms with E-state index in [0.717, 1.165) is 56.2 Å². The monoisotopic (exact) mass is 349 g/mol. The van der Waals surface area contributed by atoms with Gasteiger partial charge >= 0.3 is 0 Å². The molecule has 1 N–H and O–H groups in total. The molecule has 0 aromatic carbocycles. The molecule has 26 heavy (non-hydrogen) atoms. The molecule has 0 saturated heterocycles. The van der Waals surface area contributed by atoms with Crippen LogP contribution in [0.3, 0.4) is 0 Å². The molecule has 134 valence electrons. The van der Waals surface area contributed by atoms with Crippen molar-refractivity contribution >= 4 is 5.82 Å². The van der Waals surface area contributed by atoms with E-state index in [1.807, 2.05) is 0 Å². The lowest BCUT2D eigenvalue weighted by Gasteiger charge is -2.30. The van der Waals surface area contributed by atoms with Gasteiger partial charge < -0.3 is 5.32 Å². The first-order chi connectivity index (χ1) is 12.7. The SMILES string of the molecule is N#Cc1cccnc1NC1CCC(n2nc3c(cc2=O)CCCC3)CC1. The second-order valence-electron chi connectivity index (χ2n) is 7.27. The summed E-state index contributed by atoms with van der Waals surface area (Å²) in [6, 6.07) is 7.98. The first kappa shape index (κ1) is 16.8. The van der Waals surface area contributed by atoms with Crippen LogP contribution in [0.15, 0.2) is 29.2 Å². The summed E-state index contributed by atoms with van der Waals surface area (Å²) < 4.78 is 1.72. The van der Waals surface area contributed by atoms with Crippen molar-refractivity contribution in [2.45, 2.75) is 63.5 Å². The Balaban J connectivity index is 1.44. The van der Waals surface area contributed by atoms with Crippen LogP contribution in [0.5, 0.6) is 0 Å². The molecular formula is C20H23N5O. The third kappa shape index (κ3) is 3.34. The number of anilines is 1. The van der Waals surface area contributed by atoms with Gasteiger partial charge in [0.25, 0.3) is 5.56 Å². The maximum Gasteiger partial charge on any atom is 0.267 e. The Hall–Kier alpha value is -2.68. The Labute approximate surface area is 152 Å². The summed E-state index contributed by atoms with van der Waals surface area (Å²) in [5.41, 5.74) is 2.87. The van der Waals surface area contributed by atoms with Crippen molar-refractivity contribution < 1.29 is 0 Å². The molecule has 6 heteroatoms. The van der Waals surface area contributed by atoms with E-state index in [9.17, 15) is 10.1 Å². The Bertz CT molecular complexity index is 890. The second kappa shape index (κ2) is 7.28. The molecule has 2 heterocycles. The van der Waals surface area contributed by atoms with E-state index in [0.29, 0.717) is 11.4 Å². The Morgan fingerprint density at radius 2 is 2.00 bits per heavy atom. The van der Waals surface area contributed by atoms with Gasteiger partial charge in [-0.05, 0) is 69.1 Å². The number of hydrogen-bond donors (Lipinski definition) is 1. The summed E-state index contributed by atoms with van der Waals surface area (Å²) in [7, 11) is 0. The molecule has 0 unspecified atom stereocenters. The lowest BCUT2D eigenvalue weighted by molar-refractivity contribution is 0.300. The van der Waals surface area contributed by atoms with Crippen molar-refractivity contribution in [2.75, 3.05) is 5.32 Å². The molecule has 1 fully saturated rings. The van der Waals surface area contributed by atoms with Gasteiger partial charge in [-0.3, -0.25) is 4.79 Å². The summed E-state index contributed by atoms with van der Waals surface area (Å²) in [4.78, 5) is 16.8. The van der Waals surface area contributed by atoms with Gasteiger partial charge in [-0.15, -0.1) is 0 Å². The van der Waals surface area contributed by atoms with E-state index in [4.69, 9.17) is 5.10 Å². The minimum Gasteiger partial charge on any atom is -0.366 e. The maximum atomic E-state index is 12.5. The van der Waals surface area contributed by atoms with E-state index < -0.39 is 0 Å². The highest BCUT2D eigenvalue weighted by atomic mass is 16.1. The number of pyridine rings is 1. The molecule has 0 bridgehead atoms. The van der Waals surface area contributed by atoms with E-state index in [2.05, 4.69) is 16.4 Å². The van der Waals surface area contributed by atoms with Crippen LogP contribution < -0.4 is 10.9 Å². The smallest absolute Gasteiger partial charge is 0.267 e. The van der Waals surface area contributed by atoms with Crippen LogP contribution in [0, 0.1) is 11.3 Å². The molecule has 2 aliphatic carbocycles. The number of hydrogen-bond acceptors (Lipinski definition) is 5. The molecule has 0 radical (unpaired) electrons. The van der Waals surface area contributed by atoms with Crippen LogP contribution in [-0.2, 0) is 12.8 Å². The highest BCUT2D eigenvalue weighted by molar-refractivity contribution is 5.51. The minimum atomic E-state index is 0.0403. The van der Waals surface area contributed by atoms with E-state index in [-0.39, 0.29) is 17.6 Å². The third-order valence-electron chi connectivity index (χ3n) is 5.54. The fourth-order valence-corrected chi connectivity index (χ4v) is 4.11. The molecule has 0 amide bonds. The van der Waals surface area contributed by atoms with E-state index in [1.54, 1.807) is 29.1 Å². The molecule has 6 nitrogen and oxygen atoms in total. The zero-order chi connectivity index (χ0) is 17.9. The van der Waals surface area contributed by atoms with Crippen LogP contribution in [-0.4, -0.2) is 20.8 Å². The molecule has 0 atom stereocenters. The number of rotatable bonds is 3. The first-order valence-corrected chi connectivity index (χ1v) is 9.48. The third-order valence-corrected chi connectivity index (χ3v) is 5.54. The summed E-state index contributed by atoms with van der Waals surface area (Å²) in [5.74, 6) is 0.655. The molecular weight excluding hydrogens is 326 g/mol. The van der Waals surface area contributed by atoms with Crippen LogP contribution in [0.1, 0.15) is 61.4 Å². The molecule has 4 rings (SSSR count). The standard InChI is InChI=1S/C20H23N5O/c21-13-15-5-3-11-22-20(15)23-16-7-9-17(10-8-16)25-19(26)12-14-4-1-2-6-18(14)24-25/h3,5,11-12,16-17H,1-2,4,6-10H2,(H,22,23). The van der Waals surface area contributed by atoms with Crippen molar-refractivity contribution in [1.82, 2.24) is 14.8 Å². The minimum absolute atomic E-state index is 0.0403. The van der Waals surface area contributed by atoms with E-state index >= 15 is 0 Å². The van der Waals surface area contributed by atoms with Gasteiger partial charge in [0.15, 0.2) is 0 Å². The normalized spacial score (nSPS) is 22.3. The fourth-order valence-electron chi connectivity index (χ4n) is 4.11. The van der Waals surface area contributed by atoms with Gasteiger partial charge in [-0.25, -0.2) is 9.67 Å².